The molecular weight excluding hydrogens is 260 g/mol. The maximum Gasteiger partial charge on any atom is 0.242 e. The van der Waals surface area contributed by atoms with Gasteiger partial charge in [0, 0.05) is 25.5 Å². The molecule has 9 nitrogen and oxygen atoms in total. The minimum absolute atomic E-state index is 0.0561. The van der Waals surface area contributed by atoms with Crippen molar-refractivity contribution in [1.29, 1.82) is 0 Å². The van der Waals surface area contributed by atoms with E-state index in [1.54, 1.807) is 35.1 Å². The molecule has 3 heterocycles. The van der Waals surface area contributed by atoms with Crippen LogP contribution in [0.2, 0.25) is 0 Å². The molecule has 1 amide bonds. The number of nitrogens with zero attached hydrogens (tertiary/aromatic N) is 6. The first-order chi connectivity index (χ1) is 9.65. The number of imidazole rings is 1. The molecule has 1 unspecified atom stereocenters. The number of nitrogen functional groups attached to an aromatic ring is 1. The van der Waals surface area contributed by atoms with Crippen LogP contribution in [0.15, 0.2) is 18.7 Å². The van der Waals surface area contributed by atoms with E-state index in [2.05, 4.69) is 25.3 Å². The fourth-order valence-corrected chi connectivity index (χ4v) is 2.05. The molecule has 0 spiro atoms. The lowest BCUT2D eigenvalue weighted by Gasteiger charge is -2.32. The van der Waals surface area contributed by atoms with Crippen molar-refractivity contribution < 1.29 is 4.79 Å². The molecule has 104 valence electrons. The molecule has 0 radical (unpaired) electrons. The zero-order chi connectivity index (χ0) is 14.1. The van der Waals surface area contributed by atoms with E-state index in [-0.39, 0.29) is 17.9 Å². The van der Waals surface area contributed by atoms with Crippen LogP contribution in [0, 0.1) is 0 Å². The highest BCUT2D eigenvalue weighted by molar-refractivity contribution is 5.85. The van der Waals surface area contributed by atoms with Gasteiger partial charge in [-0.05, 0) is 6.92 Å². The predicted octanol–water partition coefficient (Wildman–Crippen LogP) is -1.04. The highest BCUT2D eigenvalue weighted by Gasteiger charge is 2.28. The lowest BCUT2D eigenvalue weighted by atomic mass is 10.2. The van der Waals surface area contributed by atoms with Gasteiger partial charge in [0.25, 0.3) is 0 Å². The van der Waals surface area contributed by atoms with Crippen molar-refractivity contribution in [2.24, 2.45) is 0 Å². The van der Waals surface area contributed by atoms with Gasteiger partial charge in [-0.15, -0.1) is 0 Å². The molecule has 1 aliphatic heterocycles. The number of anilines is 2. The predicted molar refractivity (Wildman–Crippen MR) is 71.2 cm³/mol. The summed E-state index contributed by atoms with van der Waals surface area (Å²) in [5.41, 5.74) is 5.73. The Morgan fingerprint density at radius 1 is 1.35 bits per heavy atom. The fourth-order valence-electron chi connectivity index (χ4n) is 2.05. The first-order valence-corrected chi connectivity index (χ1v) is 6.19. The van der Waals surface area contributed by atoms with Crippen molar-refractivity contribution in [2.45, 2.75) is 13.0 Å². The van der Waals surface area contributed by atoms with Crippen LogP contribution < -0.4 is 16.0 Å². The van der Waals surface area contributed by atoms with E-state index in [1.165, 1.54) is 0 Å². The van der Waals surface area contributed by atoms with Gasteiger partial charge in [0.2, 0.25) is 23.8 Å². The van der Waals surface area contributed by atoms with E-state index in [0.717, 1.165) is 0 Å². The summed E-state index contributed by atoms with van der Waals surface area (Å²) in [5, 5.41) is 2.79. The Hall–Kier alpha value is -2.71. The van der Waals surface area contributed by atoms with Gasteiger partial charge in [0.05, 0.1) is 0 Å². The maximum absolute atomic E-state index is 11.7. The molecule has 1 saturated heterocycles. The van der Waals surface area contributed by atoms with E-state index in [9.17, 15) is 4.79 Å². The van der Waals surface area contributed by atoms with E-state index in [4.69, 9.17) is 5.73 Å². The number of nitrogens with two attached hydrogens (primary N) is 1. The molecule has 20 heavy (non-hydrogen) atoms. The quantitative estimate of drug-likeness (QED) is 0.719. The lowest BCUT2D eigenvalue weighted by molar-refractivity contribution is -0.122. The second kappa shape index (κ2) is 4.76. The number of rotatable bonds is 2. The summed E-state index contributed by atoms with van der Waals surface area (Å²) in [4.78, 5) is 30.0. The Bertz CT molecular complexity index is 625. The van der Waals surface area contributed by atoms with Gasteiger partial charge in [-0.1, -0.05) is 0 Å². The third-order valence-corrected chi connectivity index (χ3v) is 3.12. The molecule has 1 aliphatic rings. The number of hydrogen-bond donors (Lipinski definition) is 2. The van der Waals surface area contributed by atoms with Crippen LogP contribution in [0.4, 0.5) is 11.9 Å². The van der Waals surface area contributed by atoms with Crippen LogP contribution in [0.25, 0.3) is 5.95 Å². The van der Waals surface area contributed by atoms with Crippen LogP contribution in [0.3, 0.4) is 0 Å². The summed E-state index contributed by atoms with van der Waals surface area (Å²) < 4.78 is 1.64. The average Bonchev–Trinajstić information content (AvgIpc) is 2.95. The zero-order valence-corrected chi connectivity index (χ0v) is 10.9. The molecule has 2 aromatic heterocycles. The Morgan fingerprint density at radius 2 is 2.15 bits per heavy atom. The monoisotopic (exact) mass is 274 g/mol. The van der Waals surface area contributed by atoms with Crippen molar-refractivity contribution in [3.63, 3.8) is 0 Å². The van der Waals surface area contributed by atoms with E-state index >= 15 is 0 Å². The van der Waals surface area contributed by atoms with Crippen molar-refractivity contribution >= 4 is 17.8 Å². The van der Waals surface area contributed by atoms with Crippen LogP contribution in [-0.4, -0.2) is 49.5 Å². The normalized spacial score (nSPS) is 18.9. The van der Waals surface area contributed by atoms with Crippen molar-refractivity contribution in [1.82, 2.24) is 29.8 Å². The Labute approximate surface area is 114 Å². The van der Waals surface area contributed by atoms with Crippen molar-refractivity contribution in [3.05, 3.63) is 18.7 Å². The van der Waals surface area contributed by atoms with Gasteiger partial charge in [0.15, 0.2) is 0 Å². The molecular formula is C11H14N8O. The van der Waals surface area contributed by atoms with Crippen LogP contribution >= 0.6 is 0 Å². The first kappa shape index (κ1) is 12.3. The summed E-state index contributed by atoms with van der Waals surface area (Å²) in [6.07, 6.45) is 4.91. The first-order valence-electron chi connectivity index (χ1n) is 6.19. The van der Waals surface area contributed by atoms with Gasteiger partial charge < -0.3 is 16.0 Å². The third kappa shape index (κ3) is 2.13. The molecule has 0 saturated carbocycles. The summed E-state index contributed by atoms with van der Waals surface area (Å²) in [6.45, 7) is 2.97. The smallest absolute Gasteiger partial charge is 0.242 e. The molecule has 0 bridgehead atoms. The van der Waals surface area contributed by atoms with E-state index in [0.29, 0.717) is 25.0 Å². The number of nitrogens with one attached hydrogen (secondary N) is 1. The highest BCUT2D eigenvalue weighted by Crippen LogP contribution is 2.16. The van der Waals surface area contributed by atoms with E-state index < -0.39 is 0 Å². The molecule has 0 aliphatic carbocycles. The number of amides is 1. The Balaban J connectivity index is 1.99. The number of carbonyl (C=O) groups is 1. The second-order valence-corrected chi connectivity index (χ2v) is 4.42. The fraction of sp³-hybridized carbons (Fsp3) is 0.364. The molecule has 2 aromatic rings. The van der Waals surface area contributed by atoms with Crippen LogP contribution in [0.5, 0.6) is 0 Å². The highest BCUT2D eigenvalue weighted by atomic mass is 16.2. The summed E-state index contributed by atoms with van der Waals surface area (Å²) in [7, 11) is 0. The second-order valence-electron chi connectivity index (χ2n) is 4.42. The number of hydrogen-bond acceptors (Lipinski definition) is 7. The van der Waals surface area contributed by atoms with Gasteiger partial charge in [-0.25, -0.2) is 4.98 Å². The van der Waals surface area contributed by atoms with Gasteiger partial charge in [-0.3, -0.25) is 9.36 Å². The number of piperazine rings is 1. The SMILES string of the molecule is CC1C(=O)NCCN1c1nc(N)nc(-n2ccnc2)n1. The molecule has 0 aromatic carbocycles. The summed E-state index contributed by atoms with van der Waals surface area (Å²) in [6, 6.07) is -0.346. The Morgan fingerprint density at radius 3 is 2.90 bits per heavy atom. The molecule has 3 rings (SSSR count). The summed E-state index contributed by atoms with van der Waals surface area (Å²) in [5.74, 6) is 0.822. The summed E-state index contributed by atoms with van der Waals surface area (Å²) >= 11 is 0. The number of aromatic nitrogens is 5. The maximum atomic E-state index is 11.7. The van der Waals surface area contributed by atoms with Gasteiger partial charge in [0.1, 0.15) is 12.4 Å². The van der Waals surface area contributed by atoms with Crippen molar-refractivity contribution in [3.8, 4) is 5.95 Å². The molecule has 3 N–H and O–H groups in total. The third-order valence-electron chi connectivity index (χ3n) is 3.12. The topological polar surface area (TPSA) is 115 Å². The molecule has 1 fully saturated rings. The largest absolute Gasteiger partial charge is 0.368 e. The van der Waals surface area contributed by atoms with E-state index in [1.807, 2.05) is 0 Å². The van der Waals surface area contributed by atoms with Crippen LogP contribution in [0.1, 0.15) is 6.92 Å². The number of carbonyl (C=O) groups excluding carboxylic acids is 1. The lowest BCUT2D eigenvalue weighted by Crippen LogP contribution is -2.54. The minimum Gasteiger partial charge on any atom is -0.368 e. The molecule has 1 atom stereocenters. The standard InChI is InChI=1S/C11H14N8O/c1-7-8(20)14-3-5-19(7)11-16-9(12)15-10(17-11)18-4-2-13-6-18/h2,4,6-7H,3,5H2,1H3,(H,14,20)(H2,12,15,16,17). The van der Waals surface area contributed by atoms with Crippen LogP contribution in [-0.2, 0) is 4.79 Å². The Kier molecular flexibility index (Phi) is 2.93. The van der Waals surface area contributed by atoms with Crippen molar-refractivity contribution in [2.75, 3.05) is 23.7 Å². The van der Waals surface area contributed by atoms with Gasteiger partial charge >= 0.3 is 0 Å². The zero-order valence-electron chi connectivity index (χ0n) is 10.9. The van der Waals surface area contributed by atoms with Gasteiger partial charge in [-0.2, -0.15) is 15.0 Å². The molecule has 9 heteroatoms. The minimum atomic E-state index is -0.346. The average molecular weight is 274 g/mol.